The van der Waals surface area contributed by atoms with Gasteiger partial charge in [0.2, 0.25) is 0 Å². The Kier molecular flexibility index (Phi) is 3.85. The molecule has 0 saturated carbocycles. The molecule has 0 aliphatic carbocycles. The predicted molar refractivity (Wildman–Crippen MR) is 94.4 cm³/mol. The summed E-state index contributed by atoms with van der Waals surface area (Å²) < 4.78 is 7.50. The second-order valence-corrected chi connectivity index (χ2v) is 7.43. The van der Waals surface area contributed by atoms with Crippen LogP contribution >= 0.6 is 23.1 Å². The van der Waals surface area contributed by atoms with Gasteiger partial charge in [-0.15, -0.1) is 21.5 Å². The highest BCUT2D eigenvalue weighted by molar-refractivity contribution is 7.99. The zero-order valence-electron chi connectivity index (χ0n) is 13.5. The summed E-state index contributed by atoms with van der Waals surface area (Å²) in [4.78, 5) is 11.1. The molecule has 24 heavy (non-hydrogen) atoms. The zero-order chi connectivity index (χ0) is 16.7. The molecule has 0 saturated heterocycles. The first-order chi connectivity index (χ1) is 11.7. The van der Waals surface area contributed by atoms with Crippen molar-refractivity contribution in [1.82, 2.24) is 24.7 Å². The molecule has 0 fully saturated rings. The molecule has 0 aromatic carbocycles. The van der Waals surface area contributed by atoms with Crippen LogP contribution in [0.5, 0.6) is 0 Å². The number of hydrogen-bond donors (Lipinski definition) is 0. The number of furan rings is 1. The summed E-state index contributed by atoms with van der Waals surface area (Å²) in [5.74, 6) is 1.44. The van der Waals surface area contributed by atoms with Crippen LogP contribution in [0.3, 0.4) is 0 Å². The van der Waals surface area contributed by atoms with Crippen molar-refractivity contribution in [2.24, 2.45) is 0 Å². The van der Waals surface area contributed by atoms with E-state index < -0.39 is 0 Å². The van der Waals surface area contributed by atoms with E-state index in [0.717, 1.165) is 32.8 Å². The summed E-state index contributed by atoms with van der Waals surface area (Å²) in [5, 5.41) is 11.4. The highest BCUT2D eigenvalue weighted by Gasteiger charge is 2.19. The van der Waals surface area contributed by atoms with Gasteiger partial charge in [0.05, 0.1) is 6.26 Å². The van der Waals surface area contributed by atoms with Crippen LogP contribution in [0.2, 0.25) is 0 Å². The van der Waals surface area contributed by atoms with Crippen molar-refractivity contribution in [3.63, 3.8) is 0 Å². The van der Waals surface area contributed by atoms with Crippen LogP contribution in [0.4, 0.5) is 0 Å². The quantitative estimate of drug-likeness (QED) is 0.506. The molecule has 4 heterocycles. The van der Waals surface area contributed by atoms with Gasteiger partial charge in [0.15, 0.2) is 16.7 Å². The Morgan fingerprint density at radius 2 is 2.12 bits per heavy atom. The lowest BCUT2D eigenvalue weighted by Gasteiger charge is -2.06. The molecular weight excluding hydrogens is 342 g/mol. The Bertz CT molecular complexity index is 1000. The van der Waals surface area contributed by atoms with Gasteiger partial charge in [0.25, 0.3) is 0 Å². The maximum Gasteiger partial charge on any atom is 0.200 e. The lowest BCUT2D eigenvalue weighted by atomic mass is 10.2. The first-order valence-corrected chi connectivity index (χ1v) is 9.18. The minimum atomic E-state index is 0.714. The second kappa shape index (κ2) is 6.03. The van der Waals surface area contributed by atoms with Crippen molar-refractivity contribution in [2.45, 2.75) is 37.5 Å². The van der Waals surface area contributed by atoms with Crippen molar-refractivity contribution >= 4 is 33.3 Å². The van der Waals surface area contributed by atoms with Crippen LogP contribution in [-0.2, 0) is 6.54 Å². The molecular formula is C16H15N5OS2. The van der Waals surface area contributed by atoms with Crippen LogP contribution in [0.1, 0.15) is 17.4 Å². The van der Waals surface area contributed by atoms with Gasteiger partial charge >= 0.3 is 0 Å². The van der Waals surface area contributed by atoms with Gasteiger partial charge in [-0.1, -0.05) is 0 Å². The smallest absolute Gasteiger partial charge is 0.200 e. The van der Waals surface area contributed by atoms with Crippen molar-refractivity contribution < 1.29 is 4.42 Å². The molecule has 0 unspecified atom stereocenters. The number of nitrogens with zero attached hydrogens (tertiary/aromatic N) is 5. The van der Waals surface area contributed by atoms with Gasteiger partial charge in [-0.05, 0) is 50.2 Å². The summed E-state index contributed by atoms with van der Waals surface area (Å²) >= 11 is 3.21. The van der Waals surface area contributed by atoms with Gasteiger partial charge in [0.1, 0.15) is 16.2 Å². The van der Waals surface area contributed by atoms with Crippen LogP contribution in [0.25, 0.3) is 21.8 Å². The highest BCUT2D eigenvalue weighted by Crippen LogP contribution is 2.37. The van der Waals surface area contributed by atoms with Gasteiger partial charge in [-0.3, -0.25) is 4.57 Å². The average Bonchev–Trinajstić information content (AvgIpc) is 3.28. The fraction of sp³-hybridized carbons (Fsp3) is 0.250. The first-order valence-electron chi connectivity index (χ1n) is 7.54. The van der Waals surface area contributed by atoms with Crippen molar-refractivity contribution in [3.8, 4) is 11.6 Å². The van der Waals surface area contributed by atoms with E-state index in [1.165, 1.54) is 22.2 Å². The number of aromatic nitrogens is 5. The van der Waals surface area contributed by atoms with E-state index >= 15 is 0 Å². The number of thiophene rings is 1. The molecule has 0 radical (unpaired) electrons. The molecule has 6 nitrogen and oxygen atoms in total. The van der Waals surface area contributed by atoms with Crippen LogP contribution < -0.4 is 0 Å². The van der Waals surface area contributed by atoms with E-state index in [-0.39, 0.29) is 0 Å². The summed E-state index contributed by atoms with van der Waals surface area (Å²) in [5.41, 5.74) is 1.23. The lowest BCUT2D eigenvalue weighted by Crippen LogP contribution is -1.99. The third-order valence-electron chi connectivity index (χ3n) is 3.89. The van der Waals surface area contributed by atoms with E-state index in [1.807, 2.05) is 16.7 Å². The monoisotopic (exact) mass is 357 g/mol. The molecule has 0 amide bonds. The molecule has 0 spiro atoms. The Balaban J connectivity index is 1.79. The zero-order valence-corrected chi connectivity index (χ0v) is 15.1. The lowest BCUT2D eigenvalue weighted by molar-refractivity contribution is 0.567. The number of rotatable bonds is 4. The molecule has 122 valence electrons. The summed E-state index contributed by atoms with van der Waals surface area (Å²) in [6.45, 7) is 7.04. The predicted octanol–water partition coefficient (Wildman–Crippen LogP) is 4.33. The van der Waals surface area contributed by atoms with Gasteiger partial charge in [0, 0.05) is 16.8 Å². The number of aryl methyl sites for hydroxylation is 2. The minimum absolute atomic E-state index is 0.714. The van der Waals surface area contributed by atoms with E-state index in [9.17, 15) is 0 Å². The minimum Gasteiger partial charge on any atom is -0.461 e. The molecule has 0 N–H and O–H groups in total. The highest BCUT2D eigenvalue weighted by atomic mass is 32.2. The molecule has 0 bridgehead atoms. The fourth-order valence-electron chi connectivity index (χ4n) is 2.55. The SMILES string of the molecule is CCn1c(Sc2ncnc3sc(C)c(C)c23)nnc1-c1ccco1. The summed E-state index contributed by atoms with van der Waals surface area (Å²) in [7, 11) is 0. The van der Waals surface area contributed by atoms with Gasteiger partial charge < -0.3 is 4.42 Å². The Labute approximate surface area is 147 Å². The Morgan fingerprint density at radius 3 is 2.88 bits per heavy atom. The Hall–Kier alpha value is -2.19. The molecule has 8 heteroatoms. The summed E-state index contributed by atoms with van der Waals surface area (Å²) in [6, 6.07) is 3.74. The fourth-order valence-corrected chi connectivity index (χ4v) is 4.64. The van der Waals surface area contributed by atoms with Crippen molar-refractivity contribution in [3.05, 3.63) is 35.2 Å². The van der Waals surface area contributed by atoms with Crippen molar-refractivity contribution in [2.75, 3.05) is 0 Å². The molecule has 4 aromatic heterocycles. The van der Waals surface area contributed by atoms with E-state index in [0.29, 0.717) is 5.76 Å². The Morgan fingerprint density at radius 1 is 1.25 bits per heavy atom. The van der Waals surface area contributed by atoms with Gasteiger partial charge in [-0.2, -0.15) is 0 Å². The summed E-state index contributed by atoms with van der Waals surface area (Å²) in [6.07, 6.45) is 3.25. The van der Waals surface area contributed by atoms with Crippen molar-refractivity contribution in [1.29, 1.82) is 0 Å². The largest absolute Gasteiger partial charge is 0.461 e. The maximum atomic E-state index is 5.46. The topological polar surface area (TPSA) is 69.6 Å². The number of fused-ring (bicyclic) bond motifs is 1. The molecule has 0 aliphatic rings. The first kappa shape index (κ1) is 15.3. The average molecular weight is 357 g/mol. The molecule has 0 aliphatic heterocycles. The normalized spacial score (nSPS) is 11.5. The third kappa shape index (κ3) is 2.42. The van der Waals surface area contributed by atoms with Crippen LogP contribution in [0.15, 0.2) is 39.3 Å². The molecule has 0 atom stereocenters. The molecule has 4 aromatic rings. The van der Waals surface area contributed by atoms with E-state index in [2.05, 4.69) is 40.9 Å². The number of hydrogen-bond acceptors (Lipinski definition) is 7. The van der Waals surface area contributed by atoms with Crippen LogP contribution in [-0.4, -0.2) is 24.7 Å². The van der Waals surface area contributed by atoms with Crippen LogP contribution in [0, 0.1) is 13.8 Å². The third-order valence-corrected chi connectivity index (χ3v) is 6.00. The maximum absolute atomic E-state index is 5.46. The van der Waals surface area contributed by atoms with E-state index in [1.54, 1.807) is 23.9 Å². The van der Waals surface area contributed by atoms with Gasteiger partial charge in [-0.25, -0.2) is 9.97 Å². The standard InChI is InChI=1S/C16H15N5OS2/c1-4-21-13(11-6-5-7-22-11)19-20-16(21)24-15-12-9(2)10(3)23-14(12)17-8-18-15/h5-8H,4H2,1-3H3. The molecule has 4 rings (SSSR count). The van der Waals surface area contributed by atoms with E-state index in [4.69, 9.17) is 4.42 Å². The second-order valence-electron chi connectivity index (χ2n) is 5.27.